The Bertz CT molecular complexity index is 889. The van der Waals surface area contributed by atoms with Crippen molar-refractivity contribution in [3.8, 4) is 0 Å². The number of fused-ring (bicyclic) bond motifs is 1. The molecule has 1 aliphatic carbocycles. The van der Waals surface area contributed by atoms with Gasteiger partial charge in [0.05, 0.1) is 11.0 Å². The van der Waals surface area contributed by atoms with Gasteiger partial charge in [-0.05, 0) is 38.3 Å². The summed E-state index contributed by atoms with van der Waals surface area (Å²) >= 11 is 0. The molecule has 8 heteroatoms. The number of hydrogen-bond donors (Lipinski definition) is 2. The minimum absolute atomic E-state index is 0. The highest BCUT2D eigenvalue weighted by Gasteiger charge is 2.32. The molecule has 2 heterocycles. The van der Waals surface area contributed by atoms with Crippen LogP contribution in [0.15, 0.2) is 29.3 Å². The van der Waals surface area contributed by atoms with E-state index >= 15 is 0 Å². The Labute approximate surface area is 195 Å². The summed E-state index contributed by atoms with van der Waals surface area (Å²) in [4.78, 5) is 24.2. The topological polar surface area (TPSA) is 74.6 Å². The number of carbonyl (C=O) groups excluding carboxylic acids is 1. The maximum Gasteiger partial charge on any atom is 0.225 e. The third kappa shape index (κ3) is 5.07. The van der Waals surface area contributed by atoms with E-state index < -0.39 is 0 Å². The first kappa shape index (κ1) is 22.8. The van der Waals surface area contributed by atoms with E-state index in [1.807, 2.05) is 30.1 Å². The van der Waals surface area contributed by atoms with Crippen LogP contribution in [0, 0.1) is 5.92 Å². The Kier molecular flexibility index (Phi) is 7.96. The van der Waals surface area contributed by atoms with Crippen LogP contribution in [0.1, 0.15) is 44.9 Å². The van der Waals surface area contributed by atoms with E-state index in [-0.39, 0.29) is 35.9 Å². The minimum Gasteiger partial charge on any atom is -0.357 e. The second kappa shape index (κ2) is 10.5. The van der Waals surface area contributed by atoms with E-state index in [1.54, 1.807) is 0 Å². The fourth-order valence-corrected chi connectivity index (χ4v) is 4.51. The van der Waals surface area contributed by atoms with Crippen LogP contribution in [-0.4, -0.2) is 52.0 Å². The third-order valence-electron chi connectivity index (χ3n) is 6.15. The summed E-state index contributed by atoms with van der Waals surface area (Å²) in [5.74, 6) is 2.34. The fraction of sp³-hybridized carbons (Fsp3) is 0.591. The smallest absolute Gasteiger partial charge is 0.225 e. The number of para-hydroxylation sites is 2. The molecule has 1 saturated carbocycles. The van der Waals surface area contributed by atoms with Crippen molar-refractivity contribution in [2.45, 2.75) is 51.6 Å². The van der Waals surface area contributed by atoms with Gasteiger partial charge in [0.25, 0.3) is 0 Å². The number of nitrogens with one attached hydrogen (secondary N) is 2. The first-order valence-electron chi connectivity index (χ1n) is 10.9. The van der Waals surface area contributed by atoms with E-state index in [2.05, 4.69) is 28.2 Å². The molecule has 7 nitrogen and oxygen atoms in total. The standard InChI is InChI=1S/C22H32N6O.HI/c1-3-23-22(24-14-20-26-18-10-6-7-11-19(18)27(20)2)25-17-12-13-28(15-17)21(29)16-8-4-5-9-16;/h6-7,10-11,16-17H,3-5,8-9,12-15H2,1-2H3,(H2,23,24,25);1H. The number of hydrogen-bond acceptors (Lipinski definition) is 3. The molecule has 1 amide bonds. The van der Waals surface area contributed by atoms with Gasteiger partial charge in [-0.2, -0.15) is 0 Å². The lowest BCUT2D eigenvalue weighted by molar-refractivity contribution is -0.134. The van der Waals surface area contributed by atoms with E-state index in [1.165, 1.54) is 12.8 Å². The molecule has 1 aromatic heterocycles. The average molecular weight is 524 g/mol. The first-order valence-corrected chi connectivity index (χ1v) is 10.9. The van der Waals surface area contributed by atoms with Crippen LogP contribution in [0.25, 0.3) is 11.0 Å². The summed E-state index contributed by atoms with van der Waals surface area (Å²) in [6.45, 7) is 4.99. The van der Waals surface area contributed by atoms with Crippen molar-refractivity contribution < 1.29 is 4.79 Å². The molecular weight excluding hydrogens is 491 g/mol. The van der Waals surface area contributed by atoms with Gasteiger partial charge in [0.2, 0.25) is 5.91 Å². The van der Waals surface area contributed by atoms with Gasteiger partial charge in [-0.15, -0.1) is 24.0 Å². The number of carbonyl (C=O) groups is 1. The lowest BCUT2D eigenvalue weighted by atomic mass is 10.1. The van der Waals surface area contributed by atoms with Gasteiger partial charge in [0.1, 0.15) is 12.4 Å². The van der Waals surface area contributed by atoms with Gasteiger partial charge >= 0.3 is 0 Å². The van der Waals surface area contributed by atoms with Crippen molar-refractivity contribution in [2.24, 2.45) is 18.0 Å². The molecule has 0 spiro atoms. The molecule has 1 aliphatic heterocycles. The molecule has 1 atom stereocenters. The predicted molar refractivity (Wildman–Crippen MR) is 131 cm³/mol. The zero-order valence-electron chi connectivity index (χ0n) is 17.9. The summed E-state index contributed by atoms with van der Waals surface area (Å²) in [7, 11) is 2.03. The Morgan fingerprint density at radius 3 is 2.73 bits per heavy atom. The molecule has 1 aromatic carbocycles. The number of guanidine groups is 1. The third-order valence-corrected chi connectivity index (χ3v) is 6.15. The molecule has 1 saturated heterocycles. The first-order chi connectivity index (χ1) is 14.2. The van der Waals surface area contributed by atoms with Crippen molar-refractivity contribution in [1.29, 1.82) is 0 Å². The zero-order chi connectivity index (χ0) is 20.2. The van der Waals surface area contributed by atoms with E-state index in [0.717, 1.165) is 61.7 Å². The largest absolute Gasteiger partial charge is 0.357 e. The van der Waals surface area contributed by atoms with Crippen LogP contribution < -0.4 is 10.6 Å². The normalized spacial score (nSPS) is 19.9. The van der Waals surface area contributed by atoms with Gasteiger partial charge < -0.3 is 20.1 Å². The van der Waals surface area contributed by atoms with E-state index in [0.29, 0.717) is 12.5 Å². The van der Waals surface area contributed by atoms with Gasteiger partial charge in [0.15, 0.2) is 5.96 Å². The number of halogens is 1. The van der Waals surface area contributed by atoms with Gasteiger partial charge in [-0.25, -0.2) is 9.98 Å². The molecule has 30 heavy (non-hydrogen) atoms. The zero-order valence-corrected chi connectivity index (χ0v) is 20.3. The number of rotatable bonds is 5. The number of imidazole rings is 1. The van der Waals surface area contributed by atoms with Crippen molar-refractivity contribution in [3.63, 3.8) is 0 Å². The fourth-order valence-electron chi connectivity index (χ4n) is 4.51. The van der Waals surface area contributed by atoms with E-state index in [9.17, 15) is 4.79 Å². The SMILES string of the molecule is CCNC(=NCc1nc2ccccc2n1C)NC1CCN(C(=O)C2CCCC2)C1.I. The van der Waals surface area contributed by atoms with Crippen molar-refractivity contribution in [3.05, 3.63) is 30.1 Å². The Morgan fingerprint density at radius 2 is 2.00 bits per heavy atom. The van der Waals surface area contributed by atoms with Crippen LogP contribution in [0.3, 0.4) is 0 Å². The quantitative estimate of drug-likeness (QED) is 0.359. The molecule has 2 aromatic rings. The molecular formula is C22H33IN6O. The minimum atomic E-state index is 0. The second-order valence-corrected chi connectivity index (χ2v) is 8.17. The number of likely N-dealkylation sites (tertiary alicyclic amines) is 1. The van der Waals surface area contributed by atoms with Crippen molar-refractivity contribution in [1.82, 2.24) is 25.1 Å². The summed E-state index contributed by atoms with van der Waals surface area (Å²) in [6.07, 6.45) is 5.50. The maximum atomic E-state index is 12.7. The highest BCUT2D eigenvalue weighted by Crippen LogP contribution is 2.27. The number of nitrogens with zero attached hydrogens (tertiary/aromatic N) is 4. The van der Waals surface area contributed by atoms with Crippen LogP contribution in [0.4, 0.5) is 0 Å². The number of aryl methyl sites for hydroxylation is 1. The molecule has 2 aliphatic rings. The van der Waals surface area contributed by atoms with Crippen LogP contribution >= 0.6 is 24.0 Å². The van der Waals surface area contributed by atoms with Gasteiger partial charge in [0, 0.05) is 38.6 Å². The number of benzene rings is 1. The Hall–Kier alpha value is -1.84. The summed E-state index contributed by atoms with van der Waals surface area (Å²) in [6, 6.07) is 8.39. The second-order valence-electron chi connectivity index (χ2n) is 8.17. The summed E-state index contributed by atoms with van der Waals surface area (Å²) in [5.41, 5.74) is 2.11. The van der Waals surface area contributed by atoms with Gasteiger partial charge in [-0.3, -0.25) is 4.79 Å². The molecule has 1 unspecified atom stereocenters. The van der Waals surface area contributed by atoms with Gasteiger partial charge in [-0.1, -0.05) is 25.0 Å². The molecule has 2 N–H and O–H groups in total. The number of aliphatic imine (C=N–C) groups is 1. The molecule has 0 bridgehead atoms. The Balaban J connectivity index is 0.00000256. The van der Waals surface area contributed by atoms with E-state index in [4.69, 9.17) is 9.98 Å². The molecule has 164 valence electrons. The van der Waals surface area contributed by atoms with Crippen LogP contribution in [-0.2, 0) is 18.4 Å². The maximum absolute atomic E-state index is 12.7. The summed E-state index contributed by atoms with van der Waals surface area (Å²) < 4.78 is 2.10. The lowest BCUT2D eigenvalue weighted by Crippen LogP contribution is -2.45. The molecule has 0 radical (unpaired) electrons. The highest BCUT2D eigenvalue weighted by molar-refractivity contribution is 14.0. The number of amides is 1. The van der Waals surface area contributed by atoms with Crippen LogP contribution in [0.2, 0.25) is 0 Å². The van der Waals surface area contributed by atoms with Crippen molar-refractivity contribution >= 4 is 46.9 Å². The predicted octanol–water partition coefficient (Wildman–Crippen LogP) is 3.04. The monoisotopic (exact) mass is 524 g/mol. The molecule has 2 fully saturated rings. The highest BCUT2D eigenvalue weighted by atomic mass is 127. The lowest BCUT2D eigenvalue weighted by Gasteiger charge is -2.21. The Morgan fingerprint density at radius 1 is 1.23 bits per heavy atom. The molecule has 4 rings (SSSR count). The van der Waals surface area contributed by atoms with Crippen LogP contribution in [0.5, 0.6) is 0 Å². The number of aromatic nitrogens is 2. The van der Waals surface area contributed by atoms with Crippen molar-refractivity contribution in [2.75, 3.05) is 19.6 Å². The summed E-state index contributed by atoms with van der Waals surface area (Å²) in [5, 5.41) is 6.85. The average Bonchev–Trinajstić information content (AvgIpc) is 3.47.